The van der Waals surface area contributed by atoms with Crippen LogP contribution in [0.5, 0.6) is 0 Å². The highest BCUT2D eigenvalue weighted by atomic mass is 32.1. The van der Waals surface area contributed by atoms with Gasteiger partial charge in [0.25, 0.3) is 0 Å². The van der Waals surface area contributed by atoms with E-state index < -0.39 is 11.6 Å². The number of aromatic nitrogens is 1. The van der Waals surface area contributed by atoms with Crippen molar-refractivity contribution in [2.24, 2.45) is 5.92 Å². The maximum atomic E-state index is 13.6. The van der Waals surface area contributed by atoms with E-state index in [0.29, 0.717) is 13.1 Å². The molecule has 1 fully saturated rings. The number of anilines is 2. The van der Waals surface area contributed by atoms with Crippen molar-refractivity contribution < 1.29 is 13.6 Å². The molecule has 0 bridgehead atoms. The third-order valence-corrected chi connectivity index (χ3v) is 5.32. The van der Waals surface area contributed by atoms with E-state index >= 15 is 0 Å². The lowest BCUT2D eigenvalue weighted by Gasteiger charge is -2.37. The lowest BCUT2D eigenvalue weighted by molar-refractivity contribution is -0.120. The molecular formula is C18H15F2N3OS. The predicted octanol–water partition coefficient (Wildman–Crippen LogP) is 3.96. The number of hydrogen-bond donors (Lipinski definition) is 1. The Bertz CT molecular complexity index is 966. The molecule has 0 aliphatic carbocycles. The van der Waals surface area contributed by atoms with Crippen LogP contribution in [0.2, 0.25) is 0 Å². The van der Waals surface area contributed by atoms with Gasteiger partial charge in [-0.2, -0.15) is 0 Å². The number of rotatable bonds is 3. The van der Waals surface area contributed by atoms with Crippen LogP contribution in [0, 0.1) is 24.5 Å². The van der Waals surface area contributed by atoms with Gasteiger partial charge >= 0.3 is 0 Å². The Morgan fingerprint density at radius 3 is 2.84 bits per heavy atom. The topological polar surface area (TPSA) is 45.2 Å². The number of fused-ring (bicyclic) bond motifs is 1. The summed E-state index contributed by atoms with van der Waals surface area (Å²) in [7, 11) is 0. The van der Waals surface area contributed by atoms with E-state index in [1.165, 1.54) is 5.56 Å². The highest BCUT2D eigenvalue weighted by Crippen LogP contribution is 2.33. The summed E-state index contributed by atoms with van der Waals surface area (Å²) < 4.78 is 27.9. The number of nitrogens with one attached hydrogen (secondary N) is 1. The summed E-state index contributed by atoms with van der Waals surface area (Å²) in [6.45, 7) is 3.07. The van der Waals surface area contributed by atoms with Crippen molar-refractivity contribution in [3.05, 3.63) is 53.6 Å². The van der Waals surface area contributed by atoms with E-state index in [4.69, 9.17) is 0 Å². The van der Waals surface area contributed by atoms with Gasteiger partial charge < -0.3 is 10.2 Å². The van der Waals surface area contributed by atoms with E-state index in [2.05, 4.69) is 16.4 Å². The number of nitrogens with zero attached hydrogens (tertiary/aromatic N) is 2. The fraction of sp³-hybridized carbons (Fsp3) is 0.222. The second kappa shape index (κ2) is 6.07. The number of carbonyl (C=O) groups is 1. The zero-order valence-corrected chi connectivity index (χ0v) is 14.2. The minimum absolute atomic E-state index is 0.126. The Morgan fingerprint density at radius 1 is 1.24 bits per heavy atom. The molecule has 1 N–H and O–H groups in total. The van der Waals surface area contributed by atoms with Gasteiger partial charge in [0.2, 0.25) is 5.91 Å². The van der Waals surface area contributed by atoms with Crippen molar-refractivity contribution in [2.45, 2.75) is 6.92 Å². The van der Waals surface area contributed by atoms with Gasteiger partial charge in [-0.3, -0.25) is 4.79 Å². The van der Waals surface area contributed by atoms with Crippen LogP contribution in [-0.4, -0.2) is 24.0 Å². The number of thiazole rings is 1. The van der Waals surface area contributed by atoms with Crippen LogP contribution >= 0.6 is 11.3 Å². The molecule has 1 saturated heterocycles. The highest BCUT2D eigenvalue weighted by Gasteiger charge is 2.34. The van der Waals surface area contributed by atoms with Crippen molar-refractivity contribution in [2.75, 3.05) is 23.3 Å². The van der Waals surface area contributed by atoms with Crippen LogP contribution in [-0.2, 0) is 4.79 Å². The number of amides is 1. The van der Waals surface area contributed by atoms with Gasteiger partial charge in [-0.05, 0) is 36.8 Å². The Morgan fingerprint density at radius 2 is 2.04 bits per heavy atom. The summed E-state index contributed by atoms with van der Waals surface area (Å²) in [5.74, 6) is -1.81. The zero-order valence-electron chi connectivity index (χ0n) is 13.4. The van der Waals surface area contributed by atoms with E-state index in [0.717, 1.165) is 33.5 Å². The summed E-state index contributed by atoms with van der Waals surface area (Å²) in [6.07, 6.45) is 0. The molecule has 1 aliphatic rings. The molecule has 1 amide bonds. The van der Waals surface area contributed by atoms with Gasteiger partial charge in [0.05, 0.1) is 21.8 Å². The quantitative estimate of drug-likeness (QED) is 0.770. The fourth-order valence-electron chi connectivity index (χ4n) is 2.78. The molecule has 2 aromatic carbocycles. The van der Waals surface area contributed by atoms with Crippen molar-refractivity contribution >= 4 is 38.3 Å². The monoisotopic (exact) mass is 359 g/mol. The molecule has 0 radical (unpaired) electrons. The summed E-state index contributed by atoms with van der Waals surface area (Å²) in [5, 5.41) is 3.34. The Balaban J connectivity index is 1.42. The molecule has 0 spiro atoms. The lowest BCUT2D eigenvalue weighted by atomic mass is 10.00. The van der Waals surface area contributed by atoms with E-state index in [-0.39, 0.29) is 17.5 Å². The molecule has 7 heteroatoms. The minimum atomic E-state index is -0.646. The second-order valence-corrected chi connectivity index (χ2v) is 7.19. The molecule has 1 aromatic heterocycles. The first-order valence-corrected chi connectivity index (χ1v) is 8.69. The lowest BCUT2D eigenvalue weighted by Crippen LogP contribution is -2.52. The average molecular weight is 359 g/mol. The Kier molecular flexibility index (Phi) is 3.88. The number of carbonyl (C=O) groups excluding carboxylic acids is 1. The maximum Gasteiger partial charge on any atom is 0.231 e. The largest absolute Gasteiger partial charge is 0.346 e. The third-order valence-electron chi connectivity index (χ3n) is 4.24. The second-order valence-electron chi connectivity index (χ2n) is 6.18. The normalized spacial score (nSPS) is 14.6. The molecule has 2 heterocycles. The summed E-state index contributed by atoms with van der Waals surface area (Å²) in [4.78, 5) is 18.8. The van der Waals surface area contributed by atoms with Crippen molar-refractivity contribution in [1.29, 1.82) is 0 Å². The first-order valence-electron chi connectivity index (χ1n) is 7.87. The molecule has 128 valence electrons. The van der Waals surface area contributed by atoms with E-state index in [1.807, 2.05) is 24.0 Å². The number of benzene rings is 2. The highest BCUT2D eigenvalue weighted by molar-refractivity contribution is 7.22. The molecule has 0 unspecified atom stereocenters. The van der Waals surface area contributed by atoms with Crippen LogP contribution in [0.4, 0.5) is 19.6 Å². The molecule has 4 nitrogen and oxygen atoms in total. The average Bonchev–Trinajstić information content (AvgIpc) is 2.92. The summed E-state index contributed by atoms with van der Waals surface area (Å²) in [6, 6.07) is 9.10. The summed E-state index contributed by atoms with van der Waals surface area (Å²) >= 11 is 1.59. The van der Waals surface area contributed by atoms with E-state index in [9.17, 15) is 13.6 Å². The zero-order chi connectivity index (χ0) is 17.6. The van der Waals surface area contributed by atoms with Gasteiger partial charge in [-0.1, -0.05) is 17.4 Å². The smallest absolute Gasteiger partial charge is 0.231 e. The molecule has 3 aromatic rings. The fourth-order valence-corrected chi connectivity index (χ4v) is 3.87. The van der Waals surface area contributed by atoms with Gasteiger partial charge in [0.15, 0.2) is 5.13 Å². The van der Waals surface area contributed by atoms with Crippen LogP contribution in [0.15, 0.2) is 36.4 Å². The van der Waals surface area contributed by atoms with Gasteiger partial charge in [-0.25, -0.2) is 13.8 Å². The Hall–Kier alpha value is -2.54. The first kappa shape index (κ1) is 16.0. The van der Waals surface area contributed by atoms with Crippen LogP contribution in [0.3, 0.4) is 0 Å². The first-order chi connectivity index (χ1) is 12.0. The number of aryl methyl sites for hydroxylation is 1. The van der Waals surface area contributed by atoms with Gasteiger partial charge in [0.1, 0.15) is 11.6 Å². The standard InChI is InChI=1S/C18H15F2N3OS/c1-10-2-5-14-16(6-10)25-18(22-14)23-8-11(9-23)17(24)21-15-7-12(19)3-4-13(15)20/h2-7,11H,8-9H2,1H3,(H,21,24). The van der Waals surface area contributed by atoms with Gasteiger partial charge in [-0.15, -0.1) is 0 Å². The number of halogens is 2. The van der Waals surface area contributed by atoms with Crippen LogP contribution in [0.1, 0.15) is 5.56 Å². The predicted molar refractivity (Wildman–Crippen MR) is 95.0 cm³/mol. The molecular weight excluding hydrogens is 344 g/mol. The molecule has 1 aliphatic heterocycles. The maximum absolute atomic E-state index is 13.6. The molecule has 0 saturated carbocycles. The SMILES string of the molecule is Cc1ccc2nc(N3CC(C(=O)Nc4cc(F)ccc4F)C3)sc2c1. The summed E-state index contributed by atoms with van der Waals surface area (Å²) in [5.41, 5.74) is 2.00. The molecule has 0 atom stereocenters. The van der Waals surface area contributed by atoms with Crippen LogP contribution < -0.4 is 10.2 Å². The van der Waals surface area contributed by atoms with Gasteiger partial charge in [0, 0.05) is 19.2 Å². The number of hydrogen-bond acceptors (Lipinski definition) is 4. The molecule has 25 heavy (non-hydrogen) atoms. The third kappa shape index (κ3) is 3.07. The molecule has 4 rings (SSSR count). The Labute approximate surface area is 147 Å². The van der Waals surface area contributed by atoms with Crippen LogP contribution in [0.25, 0.3) is 10.2 Å². The van der Waals surface area contributed by atoms with Crippen molar-refractivity contribution in [1.82, 2.24) is 4.98 Å². The van der Waals surface area contributed by atoms with E-state index in [1.54, 1.807) is 11.3 Å². The minimum Gasteiger partial charge on any atom is -0.346 e. The van der Waals surface area contributed by atoms with Crippen molar-refractivity contribution in [3.63, 3.8) is 0 Å². The van der Waals surface area contributed by atoms with Crippen molar-refractivity contribution in [3.8, 4) is 0 Å².